The fraction of sp³-hybridized carbons (Fsp3) is 0.889. The molecule has 0 aromatic carbocycles. The van der Waals surface area contributed by atoms with Gasteiger partial charge in [0.25, 0.3) is 0 Å². The maximum atomic E-state index is 11.1. The van der Waals surface area contributed by atoms with Gasteiger partial charge in [-0.25, -0.2) is 4.79 Å². The van der Waals surface area contributed by atoms with Crippen molar-refractivity contribution in [1.29, 1.82) is 0 Å². The summed E-state index contributed by atoms with van der Waals surface area (Å²) in [4.78, 5) is 11.1. The second-order valence-corrected chi connectivity index (χ2v) is 4.10. The number of hydrogen-bond acceptors (Lipinski definition) is 4. The van der Waals surface area contributed by atoms with E-state index in [-0.39, 0.29) is 6.04 Å². The standard InChI is InChI=1S/C9H20N2O3/c1-9(2,3)14-8(12)11-5-7(10)6-13-4/h7H,5-6,10H2,1-4H3,(H,11,12). The average molecular weight is 204 g/mol. The van der Waals surface area contributed by atoms with Gasteiger partial charge in [0.15, 0.2) is 0 Å². The molecule has 0 aromatic rings. The number of ether oxygens (including phenoxy) is 2. The summed E-state index contributed by atoms with van der Waals surface area (Å²) < 4.78 is 9.84. The molecule has 0 radical (unpaired) electrons. The number of rotatable bonds is 4. The van der Waals surface area contributed by atoms with Gasteiger partial charge in [-0.05, 0) is 20.8 Å². The molecule has 0 spiro atoms. The van der Waals surface area contributed by atoms with Crippen LogP contribution in [0.25, 0.3) is 0 Å². The highest BCUT2D eigenvalue weighted by atomic mass is 16.6. The molecule has 84 valence electrons. The van der Waals surface area contributed by atoms with Gasteiger partial charge in [-0.3, -0.25) is 0 Å². The Balaban J connectivity index is 3.64. The fourth-order valence-electron chi connectivity index (χ4n) is 0.802. The average Bonchev–Trinajstić information content (AvgIpc) is 1.98. The number of amides is 1. The van der Waals surface area contributed by atoms with E-state index in [1.54, 1.807) is 7.11 Å². The smallest absolute Gasteiger partial charge is 0.407 e. The number of methoxy groups -OCH3 is 1. The van der Waals surface area contributed by atoms with Gasteiger partial charge in [0.05, 0.1) is 6.61 Å². The molecule has 14 heavy (non-hydrogen) atoms. The van der Waals surface area contributed by atoms with E-state index in [2.05, 4.69) is 5.32 Å². The summed E-state index contributed by atoms with van der Waals surface area (Å²) in [5, 5.41) is 2.56. The Morgan fingerprint density at radius 1 is 1.50 bits per heavy atom. The van der Waals surface area contributed by atoms with Gasteiger partial charge in [0, 0.05) is 19.7 Å². The van der Waals surface area contributed by atoms with Crippen molar-refractivity contribution < 1.29 is 14.3 Å². The summed E-state index contributed by atoms with van der Waals surface area (Å²) in [6, 6.07) is -0.201. The van der Waals surface area contributed by atoms with Crippen molar-refractivity contribution >= 4 is 6.09 Å². The Hall–Kier alpha value is -0.810. The SMILES string of the molecule is COCC(N)CNC(=O)OC(C)(C)C. The van der Waals surface area contributed by atoms with Crippen LogP contribution in [-0.4, -0.2) is 38.0 Å². The quantitative estimate of drug-likeness (QED) is 0.698. The van der Waals surface area contributed by atoms with Crippen molar-refractivity contribution in [2.24, 2.45) is 5.73 Å². The third-order valence-corrected chi connectivity index (χ3v) is 1.29. The van der Waals surface area contributed by atoms with Crippen LogP contribution in [-0.2, 0) is 9.47 Å². The van der Waals surface area contributed by atoms with Crippen LogP contribution in [0.15, 0.2) is 0 Å². The Bertz CT molecular complexity index is 177. The predicted molar refractivity (Wildman–Crippen MR) is 54.1 cm³/mol. The highest BCUT2D eigenvalue weighted by Gasteiger charge is 2.16. The molecule has 0 aromatic heterocycles. The molecular weight excluding hydrogens is 184 g/mol. The highest BCUT2D eigenvalue weighted by molar-refractivity contribution is 5.67. The first-order chi connectivity index (χ1) is 6.35. The minimum Gasteiger partial charge on any atom is -0.444 e. The van der Waals surface area contributed by atoms with Crippen LogP contribution in [0.5, 0.6) is 0 Å². The van der Waals surface area contributed by atoms with Crippen LogP contribution in [0.3, 0.4) is 0 Å². The van der Waals surface area contributed by atoms with Crippen LogP contribution >= 0.6 is 0 Å². The molecule has 5 heteroatoms. The zero-order valence-corrected chi connectivity index (χ0v) is 9.29. The second-order valence-electron chi connectivity index (χ2n) is 4.10. The van der Waals surface area contributed by atoms with Crippen LogP contribution in [0.2, 0.25) is 0 Å². The molecule has 0 saturated carbocycles. The minimum atomic E-state index is -0.477. The van der Waals surface area contributed by atoms with Crippen molar-refractivity contribution in [2.75, 3.05) is 20.3 Å². The van der Waals surface area contributed by atoms with E-state index >= 15 is 0 Å². The van der Waals surface area contributed by atoms with Crippen LogP contribution in [0.4, 0.5) is 4.79 Å². The Morgan fingerprint density at radius 3 is 2.50 bits per heavy atom. The first-order valence-electron chi connectivity index (χ1n) is 4.56. The summed E-state index contributed by atoms with van der Waals surface area (Å²) in [6.07, 6.45) is -0.455. The molecule has 5 nitrogen and oxygen atoms in total. The van der Waals surface area contributed by atoms with E-state index in [1.807, 2.05) is 20.8 Å². The van der Waals surface area contributed by atoms with Crippen molar-refractivity contribution in [1.82, 2.24) is 5.32 Å². The van der Waals surface area contributed by atoms with Crippen molar-refractivity contribution in [3.8, 4) is 0 Å². The third kappa shape index (κ3) is 7.82. The summed E-state index contributed by atoms with van der Waals surface area (Å²) in [5.74, 6) is 0. The van der Waals surface area contributed by atoms with Crippen LogP contribution < -0.4 is 11.1 Å². The maximum Gasteiger partial charge on any atom is 0.407 e. The first-order valence-corrected chi connectivity index (χ1v) is 4.56. The molecule has 1 atom stereocenters. The van der Waals surface area contributed by atoms with E-state index in [4.69, 9.17) is 15.2 Å². The number of carbonyl (C=O) groups is 1. The molecule has 0 fully saturated rings. The lowest BCUT2D eigenvalue weighted by Crippen LogP contribution is -2.42. The lowest BCUT2D eigenvalue weighted by Gasteiger charge is -2.20. The number of nitrogens with two attached hydrogens (primary N) is 1. The van der Waals surface area contributed by atoms with Crippen molar-refractivity contribution in [3.63, 3.8) is 0 Å². The maximum absolute atomic E-state index is 11.1. The molecule has 0 aliphatic heterocycles. The summed E-state index contributed by atoms with van der Waals surface area (Å²) in [6.45, 7) is 6.18. The zero-order chi connectivity index (χ0) is 11.2. The lowest BCUT2D eigenvalue weighted by atomic mass is 10.2. The molecular formula is C9H20N2O3. The molecule has 1 amide bonds. The number of alkyl carbamates (subject to hydrolysis) is 1. The number of carbonyl (C=O) groups excluding carboxylic acids is 1. The van der Waals surface area contributed by atoms with E-state index in [0.29, 0.717) is 13.2 Å². The minimum absolute atomic E-state index is 0.201. The van der Waals surface area contributed by atoms with Gasteiger partial charge >= 0.3 is 6.09 Å². The summed E-state index contributed by atoms with van der Waals surface area (Å²) in [5.41, 5.74) is 5.12. The van der Waals surface area contributed by atoms with E-state index in [1.165, 1.54) is 0 Å². The van der Waals surface area contributed by atoms with E-state index in [9.17, 15) is 4.79 Å². The molecule has 3 N–H and O–H groups in total. The lowest BCUT2D eigenvalue weighted by molar-refractivity contribution is 0.0518. The van der Waals surface area contributed by atoms with Gasteiger partial charge in [-0.2, -0.15) is 0 Å². The third-order valence-electron chi connectivity index (χ3n) is 1.29. The molecule has 0 bridgehead atoms. The number of nitrogens with one attached hydrogen (secondary N) is 1. The summed E-state index contributed by atoms with van der Waals surface area (Å²) >= 11 is 0. The van der Waals surface area contributed by atoms with Gasteiger partial charge in [-0.1, -0.05) is 0 Å². The molecule has 0 saturated heterocycles. The van der Waals surface area contributed by atoms with Gasteiger partial charge in [0.2, 0.25) is 0 Å². The largest absolute Gasteiger partial charge is 0.444 e. The normalized spacial score (nSPS) is 13.5. The van der Waals surface area contributed by atoms with Gasteiger partial charge < -0.3 is 20.5 Å². The second kappa shape index (κ2) is 5.82. The summed E-state index contributed by atoms with van der Waals surface area (Å²) in [7, 11) is 1.56. The van der Waals surface area contributed by atoms with E-state index < -0.39 is 11.7 Å². The van der Waals surface area contributed by atoms with Crippen molar-refractivity contribution in [3.05, 3.63) is 0 Å². The highest BCUT2D eigenvalue weighted by Crippen LogP contribution is 2.06. The van der Waals surface area contributed by atoms with E-state index in [0.717, 1.165) is 0 Å². The molecule has 1 unspecified atom stereocenters. The Morgan fingerprint density at radius 2 is 2.07 bits per heavy atom. The monoisotopic (exact) mass is 204 g/mol. The van der Waals surface area contributed by atoms with Crippen LogP contribution in [0.1, 0.15) is 20.8 Å². The molecule has 0 aliphatic carbocycles. The predicted octanol–water partition coefficient (Wildman–Crippen LogP) is 0.485. The Labute approximate surface area is 84.9 Å². The molecule has 0 rings (SSSR count). The Kier molecular flexibility index (Phi) is 5.49. The van der Waals surface area contributed by atoms with Gasteiger partial charge in [0.1, 0.15) is 5.60 Å². The number of hydrogen-bond donors (Lipinski definition) is 2. The van der Waals surface area contributed by atoms with Crippen LogP contribution in [0, 0.1) is 0 Å². The van der Waals surface area contributed by atoms with Gasteiger partial charge in [-0.15, -0.1) is 0 Å². The zero-order valence-electron chi connectivity index (χ0n) is 9.29. The van der Waals surface area contributed by atoms with Crippen molar-refractivity contribution in [2.45, 2.75) is 32.4 Å². The topological polar surface area (TPSA) is 73.6 Å². The molecule has 0 heterocycles. The fourth-order valence-corrected chi connectivity index (χ4v) is 0.802. The molecule has 0 aliphatic rings. The first kappa shape index (κ1) is 13.2.